The van der Waals surface area contributed by atoms with Crippen LogP contribution in [0.5, 0.6) is 0 Å². The van der Waals surface area contributed by atoms with E-state index in [1.807, 2.05) is 12.1 Å². The minimum absolute atomic E-state index is 0.0272. The monoisotopic (exact) mass is 477 g/mol. The molecule has 4 rings (SSSR count). The molecule has 1 saturated heterocycles. The summed E-state index contributed by atoms with van der Waals surface area (Å²) in [7, 11) is 0. The van der Waals surface area contributed by atoms with Gasteiger partial charge in [0.2, 0.25) is 5.95 Å². The maximum Gasteiger partial charge on any atom is 0.490 e. The Hall–Kier alpha value is -3.65. The summed E-state index contributed by atoms with van der Waals surface area (Å²) < 4.78 is 71.6. The molecule has 0 unspecified atom stereocenters. The number of aromatic amines is 1. The Morgan fingerprint density at radius 1 is 1.09 bits per heavy atom. The van der Waals surface area contributed by atoms with Crippen LogP contribution in [0.4, 0.5) is 38.0 Å². The summed E-state index contributed by atoms with van der Waals surface area (Å²) in [5, 5.41) is 10.5. The van der Waals surface area contributed by atoms with Crippen LogP contribution in [0.3, 0.4) is 0 Å². The highest BCUT2D eigenvalue weighted by Crippen LogP contribution is 2.33. The van der Waals surface area contributed by atoms with Gasteiger partial charge in [0, 0.05) is 37.2 Å². The molecule has 0 bridgehead atoms. The van der Waals surface area contributed by atoms with E-state index in [-0.39, 0.29) is 23.2 Å². The lowest BCUT2D eigenvalue weighted by Gasteiger charge is -2.33. The molecule has 3 aromatic rings. The van der Waals surface area contributed by atoms with Crippen LogP contribution in [-0.4, -0.2) is 61.3 Å². The van der Waals surface area contributed by atoms with Crippen molar-refractivity contribution in [2.45, 2.75) is 31.2 Å². The average molecular weight is 477 g/mol. The Kier molecular flexibility index (Phi) is 6.88. The number of carboxylic acid groups (broad SMARTS) is 1. The van der Waals surface area contributed by atoms with E-state index in [4.69, 9.17) is 9.90 Å². The molecule has 0 aliphatic carbocycles. The fraction of sp³-hybridized carbons (Fsp3) is 0.389. The van der Waals surface area contributed by atoms with E-state index >= 15 is 0 Å². The van der Waals surface area contributed by atoms with Gasteiger partial charge in [-0.2, -0.15) is 31.3 Å². The Balaban J connectivity index is 0.000000383. The van der Waals surface area contributed by atoms with Crippen LogP contribution in [0.15, 0.2) is 30.9 Å². The highest BCUT2D eigenvalue weighted by Gasteiger charge is 2.38. The molecule has 9 nitrogen and oxygen atoms in total. The van der Waals surface area contributed by atoms with Gasteiger partial charge < -0.3 is 20.3 Å². The van der Waals surface area contributed by atoms with E-state index in [1.54, 1.807) is 17.3 Å². The van der Waals surface area contributed by atoms with E-state index in [9.17, 15) is 26.3 Å². The number of carboxylic acids is 1. The Labute approximate surface area is 181 Å². The Bertz CT molecular complexity index is 1080. The molecule has 1 aliphatic rings. The number of carbonyl (C=O) groups is 1. The minimum Gasteiger partial charge on any atom is -0.475 e. The maximum absolute atomic E-state index is 13.3. The number of fused-ring (bicyclic) bond motifs is 1. The van der Waals surface area contributed by atoms with E-state index in [0.29, 0.717) is 13.1 Å². The first-order chi connectivity index (χ1) is 15.4. The van der Waals surface area contributed by atoms with Gasteiger partial charge in [-0.25, -0.2) is 14.8 Å². The van der Waals surface area contributed by atoms with Gasteiger partial charge in [0.25, 0.3) is 0 Å². The molecule has 3 N–H and O–H groups in total. The molecule has 33 heavy (non-hydrogen) atoms. The standard InChI is InChI=1S/C16H16F3N7.C2HF3O2/c17-16(18,19)13-12-14(22-9-21-12)25-15(24-13)26-7-3-11(4-8-26)23-10-1-5-20-6-2-10;3-2(4,5)1(6)7/h1-2,5-6,9,11H,3-4,7-8H2,(H,20,23)(H,21,22,24,25);(H,6,7). The number of H-pyrrole nitrogens is 1. The minimum atomic E-state index is -5.08. The van der Waals surface area contributed by atoms with Crippen LogP contribution in [-0.2, 0) is 11.0 Å². The van der Waals surface area contributed by atoms with Crippen molar-refractivity contribution < 1.29 is 36.2 Å². The predicted octanol–water partition coefficient (Wildman–Crippen LogP) is 3.48. The van der Waals surface area contributed by atoms with Crippen LogP contribution >= 0.6 is 0 Å². The zero-order valence-corrected chi connectivity index (χ0v) is 16.7. The van der Waals surface area contributed by atoms with Crippen LogP contribution < -0.4 is 10.2 Å². The number of rotatable bonds is 3. The predicted molar refractivity (Wildman–Crippen MR) is 103 cm³/mol. The molecule has 15 heteroatoms. The van der Waals surface area contributed by atoms with E-state index in [1.165, 1.54) is 6.33 Å². The third-order valence-electron chi connectivity index (χ3n) is 4.61. The Morgan fingerprint density at radius 3 is 2.24 bits per heavy atom. The van der Waals surface area contributed by atoms with Crippen LogP contribution in [0.2, 0.25) is 0 Å². The molecule has 0 amide bonds. The molecule has 0 radical (unpaired) electrons. The fourth-order valence-corrected chi connectivity index (χ4v) is 3.08. The smallest absolute Gasteiger partial charge is 0.475 e. The SMILES string of the molecule is FC(F)(F)c1nc(N2CCC(Nc3ccncc3)CC2)nc2nc[nH]c12.O=C(O)C(F)(F)F. The number of alkyl halides is 6. The van der Waals surface area contributed by atoms with Crippen molar-refractivity contribution in [1.29, 1.82) is 0 Å². The van der Waals surface area contributed by atoms with E-state index < -0.39 is 24.0 Å². The number of hydrogen-bond donors (Lipinski definition) is 3. The quantitative estimate of drug-likeness (QED) is 0.491. The molecule has 1 fully saturated rings. The molecule has 0 aromatic carbocycles. The summed E-state index contributed by atoms with van der Waals surface area (Å²) in [6, 6.07) is 4.01. The van der Waals surface area contributed by atoms with Gasteiger partial charge in [0.05, 0.1) is 6.33 Å². The number of pyridine rings is 1. The maximum atomic E-state index is 13.3. The van der Waals surface area contributed by atoms with Crippen molar-refractivity contribution in [3.05, 3.63) is 36.5 Å². The number of aromatic nitrogens is 5. The van der Waals surface area contributed by atoms with Crippen molar-refractivity contribution in [3.8, 4) is 0 Å². The summed E-state index contributed by atoms with van der Waals surface area (Å²) in [5.74, 6) is -2.69. The summed E-state index contributed by atoms with van der Waals surface area (Å²) in [6.45, 7) is 1.13. The zero-order valence-electron chi connectivity index (χ0n) is 16.7. The largest absolute Gasteiger partial charge is 0.490 e. The summed E-state index contributed by atoms with van der Waals surface area (Å²) in [6.07, 6.45) is -3.49. The van der Waals surface area contributed by atoms with Gasteiger partial charge in [-0.05, 0) is 25.0 Å². The lowest BCUT2D eigenvalue weighted by atomic mass is 10.1. The average Bonchev–Trinajstić information content (AvgIpc) is 3.22. The van der Waals surface area contributed by atoms with Gasteiger partial charge in [0.15, 0.2) is 11.3 Å². The number of halogens is 6. The number of imidazole rings is 1. The van der Waals surface area contributed by atoms with E-state index in [2.05, 4.69) is 30.2 Å². The van der Waals surface area contributed by atoms with Crippen molar-refractivity contribution in [3.63, 3.8) is 0 Å². The second-order valence-corrected chi connectivity index (χ2v) is 6.92. The number of piperidine rings is 1. The third-order valence-corrected chi connectivity index (χ3v) is 4.61. The molecule has 3 aromatic heterocycles. The molecule has 0 saturated carbocycles. The Morgan fingerprint density at radius 2 is 1.70 bits per heavy atom. The second kappa shape index (κ2) is 9.46. The first-order valence-electron chi connectivity index (χ1n) is 9.45. The van der Waals surface area contributed by atoms with Gasteiger partial charge >= 0.3 is 18.3 Å². The highest BCUT2D eigenvalue weighted by atomic mass is 19.4. The van der Waals surface area contributed by atoms with Crippen LogP contribution in [0.1, 0.15) is 18.5 Å². The van der Waals surface area contributed by atoms with Crippen LogP contribution in [0.25, 0.3) is 11.2 Å². The summed E-state index contributed by atoms with van der Waals surface area (Å²) in [4.78, 5) is 28.9. The second-order valence-electron chi connectivity index (χ2n) is 6.92. The number of nitrogens with zero attached hydrogens (tertiary/aromatic N) is 5. The van der Waals surface area contributed by atoms with Gasteiger partial charge in [-0.3, -0.25) is 4.98 Å². The van der Waals surface area contributed by atoms with Gasteiger partial charge in [-0.1, -0.05) is 0 Å². The normalized spacial score (nSPS) is 15.2. The van der Waals surface area contributed by atoms with Gasteiger partial charge in [-0.15, -0.1) is 0 Å². The number of aliphatic carboxylic acids is 1. The molecular formula is C18H17F6N7O2. The van der Waals surface area contributed by atoms with Crippen molar-refractivity contribution in [1.82, 2.24) is 24.9 Å². The van der Waals surface area contributed by atoms with Gasteiger partial charge in [0.1, 0.15) is 5.52 Å². The van der Waals surface area contributed by atoms with E-state index in [0.717, 1.165) is 18.5 Å². The summed E-state index contributed by atoms with van der Waals surface area (Å²) in [5.41, 5.74) is -0.158. The molecular weight excluding hydrogens is 460 g/mol. The van der Waals surface area contributed by atoms with Crippen molar-refractivity contribution >= 4 is 28.8 Å². The first-order valence-corrected chi connectivity index (χ1v) is 9.45. The fourth-order valence-electron chi connectivity index (χ4n) is 3.08. The first kappa shape index (κ1) is 24.0. The van der Waals surface area contributed by atoms with Crippen molar-refractivity contribution in [2.24, 2.45) is 0 Å². The highest BCUT2D eigenvalue weighted by molar-refractivity contribution is 5.75. The lowest BCUT2D eigenvalue weighted by molar-refractivity contribution is -0.192. The molecule has 0 spiro atoms. The lowest BCUT2D eigenvalue weighted by Crippen LogP contribution is -2.40. The number of anilines is 2. The zero-order chi connectivity index (χ0) is 24.2. The molecule has 0 atom stereocenters. The molecule has 4 heterocycles. The third kappa shape index (κ3) is 6.20. The van der Waals surface area contributed by atoms with Crippen molar-refractivity contribution in [2.75, 3.05) is 23.3 Å². The molecule has 178 valence electrons. The number of hydrogen-bond acceptors (Lipinski definition) is 7. The summed E-state index contributed by atoms with van der Waals surface area (Å²) >= 11 is 0. The topological polar surface area (TPSA) is 120 Å². The van der Waals surface area contributed by atoms with Crippen LogP contribution in [0, 0.1) is 0 Å². The number of nitrogens with one attached hydrogen (secondary N) is 2. The molecule has 1 aliphatic heterocycles.